The summed E-state index contributed by atoms with van der Waals surface area (Å²) in [5, 5.41) is 2.71. The maximum absolute atomic E-state index is 14.6. The van der Waals surface area contributed by atoms with Gasteiger partial charge in [0.25, 0.3) is 0 Å². The number of aromatic nitrogens is 1. The van der Waals surface area contributed by atoms with E-state index in [1.807, 2.05) is 33.1 Å². The molecular weight excluding hydrogens is 818 g/mol. The van der Waals surface area contributed by atoms with E-state index in [-0.39, 0.29) is 24.5 Å². The molecule has 0 unspecified atom stereocenters. The highest BCUT2D eigenvalue weighted by atomic mass is 35.6. The van der Waals surface area contributed by atoms with Crippen LogP contribution in [0.1, 0.15) is 91.8 Å². The summed E-state index contributed by atoms with van der Waals surface area (Å²) < 4.78 is 63.2. The number of ketones is 1. The van der Waals surface area contributed by atoms with Crippen LogP contribution in [-0.2, 0) is 34.6 Å². The smallest absolute Gasteiger partial charge is 0.462 e. The number of hydrogen-bond donors (Lipinski definition) is 0. The van der Waals surface area contributed by atoms with E-state index in [9.17, 15) is 27.6 Å². The largest absolute Gasteiger partial charge is 0.508 e. The van der Waals surface area contributed by atoms with E-state index in [1.165, 1.54) is 17.4 Å². The number of Topliss-reactive ketones (excluding diaryl/α,β-unsaturated/α-hetero) is 1. The van der Waals surface area contributed by atoms with Gasteiger partial charge in [-0.1, -0.05) is 108 Å². The van der Waals surface area contributed by atoms with Crippen molar-refractivity contribution < 1.29 is 46.2 Å². The average molecular weight is 877 g/mol. The lowest BCUT2D eigenvalue weighted by atomic mass is 9.73. The molecule has 1 aromatic rings. The molecule has 0 saturated carbocycles. The molecule has 0 fully saturated rings. The fourth-order valence-electron chi connectivity index (χ4n) is 6.49. The van der Waals surface area contributed by atoms with E-state index < -0.39 is 84.6 Å². The molecule has 1 rings (SSSR count). The van der Waals surface area contributed by atoms with Crippen LogP contribution in [0.15, 0.2) is 42.3 Å². The van der Waals surface area contributed by atoms with Crippen LogP contribution in [0.3, 0.4) is 0 Å². The van der Waals surface area contributed by atoms with Crippen molar-refractivity contribution in [1.82, 2.24) is 4.98 Å². The Kier molecular flexibility index (Phi) is 21.3. The minimum atomic E-state index is -4.59. The van der Waals surface area contributed by atoms with Crippen molar-refractivity contribution in [2.75, 3.05) is 6.61 Å². The molecule has 0 aliphatic heterocycles. The second kappa shape index (κ2) is 22.9. The zero-order valence-corrected chi connectivity index (χ0v) is 37.6. The lowest BCUT2D eigenvalue weighted by Gasteiger charge is -2.42. The van der Waals surface area contributed by atoms with Crippen LogP contribution in [0, 0.1) is 30.1 Å². The quantitative estimate of drug-likeness (QED) is 0.0438. The van der Waals surface area contributed by atoms with Gasteiger partial charge < -0.3 is 18.6 Å². The van der Waals surface area contributed by atoms with Gasteiger partial charge in [-0.05, 0) is 56.2 Å². The first-order valence-corrected chi connectivity index (χ1v) is 23.1. The normalized spacial score (nSPS) is 16.3. The van der Waals surface area contributed by atoms with Crippen LogP contribution in [0.25, 0.3) is 0 Å². The van der Waals surface area contributed by atoms with Gasteiger partial charge in [-0.25, -0.2) is 9.78 Å². The van der Waals surface area contributed by atoms with Crippen LogP contribution in [0.5, 0.6) is 0 Å². The molecule has 55 heavy (non-hydrogen) atoms. The molecule has 16 heteroatoms. The third kappa shape index (κ3) is 16.8. The number of hydrogen-bond acceptors (Lipinski definition) is 9. The Morgan fingerprint density at radius 3 is 2.04 bits per heavy atom. The van der Waals surface area contributed by atoms with Gasteiger partial charge in [0, 0.05) is 22.8 Å². The van der Waals surface area contributed by atoms with Crippen molar-refractivity contribution in [3.05, 3.63) is 53.0 Å². The van der Waals surface area contributed by atoms with Gasteiger partial charge in [0.05, 0.1) is 29.1 Å². The van der Waals surface area contributed by atoms with Gasteiger partial charge in [-0.3, -0.25) is 9.59 Å². The van der Waals surface area contributed by atoms with Crippen LogP contribution in [0.4, 0.5) is 18.0 Å². The predicted molar refractivity (Wildman–Crippen MR) is 218 cm³/mol. The van der Waals surface area contributed by atoms with Gasteiger partial charge in [-0.2, -0.15) is 13.2 Å². The number of ether oxygens (including phenoxy) is 3. The van der Waals surface area contributed by atoms with E-state index in [2.05, 4.69) is 18.1 Å². The highest BCUT2D eigenvalue weighted by Crippen LogP contribution is 2.38. The maximum Gasteiger partial charge on any atom is 0.508 e. The first-order chi connectivity index (χ1) is 25.4. The third-order valence-corrected chi connectivity index (χ3v) is 15.9. The summed E-state index contributed by atoms with van der Waals surface area (Å²) in [5.74, 6) is -2.78. The predicted octanol–water partition coefficient (Wildman–Crippen LogP) is 12.1. The van der Waals surface area contributed by atoms with Crippen molar-refractivity contribution >= 4 is 72.4 Å². The summed E-state index contributed by atoms with van der Waals surface area (Å²) >= 11 is 18.7. The Labute approximate surface area is 345 Å². The number of carbonyl (C=O) groups excluding carboxylic acids is 3. The number of rotatable bonds is 24. The lowest BCUT2D eigenvalue weighted by molar-refractivity contribution is -0.157. The van der Waals surface area contributed by atoms with Crippen molar-refractivity contribution in [2.45, 2.75) is 141 Å². The van der Waals surface area contributed by atoms with Crippen LogP contribution in [-0.4, -0.2) is 66.1 Å². The van der Waals surface area contributed by atoms with Crippen molar-refractivity contribution in [3.8, 4) is 0 Å². The van der Waals surface area contributed by atoms with Crippen molar-refractivity contribution in [3.63, 3.8) is 0 Å². The number of nitrogens with zero attached hydrogens (tertiary/aromatic N) is 1. The summed E-state index contributed by atoms with van der Waals surface area (Å²) in [6.45, 7) is 23.1. The number of alkyl halides is 6. The number of carbonyl (C=O) groups is 3. The van der Waals surface area contributed by atoms with Gasteiger partial charge in [0.15, 0.2) is 8.32 Å². The van der Waals surface area contributed by atoms with Gasteiger partial charge in [0.2, 0.25) is 3.79 Å². The fraction of sp³-hybridized carbons (Fsp3) is 0.692. The van der Waals surface area contributed by atoms with Crippen LogP contribution >= 0.6 is 46.1 Å². The Bertz CT molecular complexity index is 1440. The van der Waals surface area contributed by atoms with Gasteiger partial charge in [0.1, 0.15) is 24.6 Å². The van der Waals surface area contributed by atoms with E-state index in [4.69, 9.17) is 53.4 Å². The van der Waals surface area contributed by atoms with E-state index in [0.717, 1.165) is 16.8 Å². The fourth-order valence-corrected chi connectivity index (χ4v) is 10.3. The molecule has 6 atom stereocenters. The number of aryl methyl sites for hydroxylation is 1. The Hall–Kier alpha value is -1.90. The van der Waals surface area contributed by atoms with Crippen LogP contribution < -0.4 is 0 Å². The topological polar surface area (TPSA) is 101 Å². The highest BCUT2D eigenvalue weighted by molar-refractivity contribution is 7.09. The van der Waals surface area contributed by atoms with Crippen LogP contribution in [0.2, 0.25) is 18.1 Å². The van der Waals surface area contributed by atoms with Gasteiger partial charge >= 0.3 is 18.3 Å². The molecule has 0 N–H and O–H groups in total. The van der Waals surface area contributed by atoms with E-state index >= 15 is 0 Å². The summed E-state index contributed by atoms with van der Waals surface area (Å²) in [6.07, 6.45) is -4.95. The monoisotopic (exact) mass is 875 g/mol. The molecule has 0 amide bonds. The first-order valence-electron chi connectivity index (χ1n) is 18.6. The molecule has 0 spiro atoms. The second-order valence-electron chi connectivity index (χ2n) is 14.7. The molecule has 0 aromatic carbocycles. The zero-order valence-electron chi connectivity index (χ0n) is 33.5. The van der Waals surface area contributed by atoms with Crippen molar-refractivity contribution in [1.29, 1.82) is 0 Å². The minimum Gasteiger partial charge on any atom is -0.462 e. The van der Waals surface area contributed by atoms with E-state index in [0.29, 0.717) is 31.0 Å². The second-order valence-corrected chi connectivity index (χ2v) is 23.0. The number of allylic oxidation sites excluding steroid dienone is 3. The Balaban J connectivity index is 3.60. The molecule has 1 heterocycles. The molecule has 314 valence electrons. The SMILES string of the molecule is C=CC/C(=C\C[C@H](OC(=O)C[C@H](O[Si](CC)(CC)CC)C(C)(C)C(=O)[C@H](C)[C@@H](OC(=O)OCC(Cl)(Cl)Cl)[C@@H](C)CC=C)[C@@H](C)Cc1csc(C)n1)C(F)(F)F. The first kappa shape index (κ1) is 51.1. The maximum atomic E-state index is 14.6. The average Bonchev–Trinajstić information content (AvgIpc) is 3.51. The third-order valence-electron chi connectivity index (χ3n) is 10.1. The molecule has 0 aliphatic rings. The van der Waals surface area contributed by atoms with Gasteiger partial charge in [-0.15, -0.1) is 24.5 Å². The molecule has 1 aromatic heterocycles. The molecular formula is C39H59Cl3F3NO7SSi. The van der Waals surface area contributed by atoms with Crippen molar-refractivity contribution in [2.24, 2.45) is 23.2 Å². The summed E-state index contributed by atoms with van der Waals surface area (Å²) in [4.78, 5) is 45.8. The molecule has 0 aliphatic carbocycles. The molecule has 8 nitrogen and oxygen atoms in total. The molecule has 0 saturated heterocycles. The Morgan fingerprint density at radius 2 is 1.56 bits per heavy atom. The summed E-state index contributed by atoms with van der Waals surface area (Å²) in [5.41, 5.74) is -1.38. The lowest BCUT2D eigenvalue weighted by Crippen LogP contribution is -2.52. The zero-order chi connectivity index (χ0) is 42.4. The summed E-state index contributed by atoms with van der Waals surface area (Å²) in [7, 11) is -2.49. The highest BCUT2D eigenvalue weighted by Gasteiger charge is 2.48. The number of thiazole rings is 1. The number of esters is 1. The van der Waals surface area contributed by atoms with E-state index in [1.54, 1.807) is 40.7 Å². The Morgan fingerprint density at radius 1 is 0.964 bits per heavy atom. The summed E-state index contributed by atoms with van der Waals surface area (Å²) in [6, 6.07) is 2.14. The minimum absolute atomic E-state index is 0.199. The molecule has 0 bridgehead atoms. The molecule has 0 radical (unpaired) electrons. The number of halogens is 6. The standard InChI is InChI=1S/C39H59Cl3F3NO7SSi/c1-12-17-25(6)34(52-36(49)50-24-38(40,41)42)27(8)35(48)37(10,11)32(53-55(14-3,15-4)16-5)22-33(47)51-31(20-19-29(18-13-2)39(43,44)45)26(7)21-30-23-54-28(9)46-30/h12-13,19,23,25-27,31-32,34H,1-2,14-18,20-22,24H2,3-11H3/b29-19+/t25-,26-,27+,31-,32-,34-/m0/s1.